The summed E-state index contributed by atoms with van der Waals surface area (Å²) in [5.41, 5.74) is 0. The van der Waals surface area contributed by atoms with Crippen molar-refractivity contribution in [2.45, 2.75) is 51.7 Å². The lowest BCUT2D eigenvalue weighted by Crippen LogP contribution is -2.56. The van der Waals surface area contributed by atoms with E-state index in [-0.39, 0.29) is 37.0 Å². The maximum atomic E-state index is 12.6. The number of carbonyl (C=O) groups excluding carboxylic acids is 3. The van der Waals surface area contributed by atoms with Crippen molar-refractivity contribution in [1.29, 1.82) is 0 Å². The van der Waals surface area contributed by atoms with E-state index in [2.05, 4.69) is 15.5 Å². The summed E-state index contributed by atoms with van der Waals surface area (Å²) >= 11 is 0. The van der Waals surface area contributed by atoms with Gasteiger partial charge in [0.15, 0.2) is 5.82 Å². The Hall–Kier alpha value is -2.65. The molecular formula is C17H26N6O4. The highest BCUT2D eigenvalue weighted by molar-refractivity contribution is 5.95. The second kappa shape index (κ2) is 7.93. The Morgan fingerprint density at radius 3 is 2.85 bits per heavy atom. The van der Waals surface area contributed by atoms with Crippen molar-refractivity contribution in [3.8, 4) is 0 Å². The second-order valence-corrected chi connectivity index (χ2v) is 7.01. The predicted molar refractivity (Wildman–Crippen MR) is 94.5 cm³/mol. The molecular weight excluding hydrogens is 352 g/mol. The highest BCUT2D eigenvalue weighted by atomic mass is 16.5. The van der Waals surface area contributed by atoms with Crippen molar-refractivity contribution >= 4 is 17.8 Å². The lowest BCUT2D eigenvalue weighted by molar-refractivity contribution is -0.152. The van der Waals surface area contributed by atoms with E-state index in [4.69, 9.17) is 4.52 Å². The third-order valence-corrected chi connectivity index (χ3v) is 4.96. The third-order valence-electron chi connectivity index (χ3n) is 4.96. The zero-order chi connectivity index (χ0) is 19.6. The molecule has 0 aliphatic carbocycles. The summed E-state index contributed by atoms with van der Waals surface area (Å²) in [4.78, 5) is 45.9. The number of likely N-dealkylation sites (N-methyl/N-ethyl adjacent to an activating group) is 1. The Labute approximate surface area is 157 Å². The number of fused-ring (bicyclic) bond motifs is 1. The van der Waals surface area contributed by atoms with Gasteiger partial charge in [-0.05, 0) is 19.8 Å². The number of hydrogen-bond donors (Lipinski definition) is 1. The van der Waals surface area contributed by atoms with Gasteiger partial charge in [-0.25, -0.2) is 4.79 Å². The number of hydrogen-bond acceptors (Lipinski definition) is 6. The van der Waals surface area contributed by atoms with Crippen LogP contribution in [0.1, 0.15) is 38.4 Å². The first-order chi connectivity index (χ1) is 12.9. The van der Waals surface area contributed by atoms with Gasteiger partial charge in [-0.2, -0.15) is 4.98 Å². The van der Waals surface area contributed by atoms with Gasteiger partial charge in [0.05, 0.1) is 19.1 Å². The summed E-state index contributed by atoms with van der Waals surface area (Å²) in [6.07, 6.45) is 2.05. The molecule has 1 aromatic rings. The standard InChI is InChI=1S/C17H26N6O4/c1-4-6-14-19-13(20-27-14)9-22(5-2)17(26)18-11-7-12-16(25)21(3)10-15(24)23(12)8-11/h11-12H,4-10H2,1-3H3,(H,18,26)/t11-,12-/m0/s1. The molecule has 3 heterocycles. The minimum Gasteiger partial charge on any atom is -0.339 e. The van der Waals surface area contributed by atoms with E-state index >= 15 is 0 Å². The van der Waals surface area contributed by atoms with E-state index in [0.29, 0.717) is 37.6 Å². The van der Waals surface area contributed by atoms with Gasteiger partial charge in [-0.15, -0.1) is 0 Å². The van der Waals surface area contributed by atoms with E-state index in [1.165, 1.54) is 4.90 Å². The molecule has 2 fully saturated rings. The third kappa shape index (κ3) is 4.04. The topological polar surface area (TPSA) is 112 Å². The van der Waals surface area contributed by atoms with Gasteiger partial charge in [-0.3, -0.25) is 9.59 Å². The molecule has 2 aliphatic rings. The van der Waals surface area contributed by atoms with E-state index in [1.54, 1.807) is 16.8 Å². The van der Waals surface area contributed by atoms with Crippen LogP contribution in [0, 0.1) is 0 Å². The molecule has 10 heteroatoms. The average molecular weight is 378 g/mol. The minimum absolute atomic E-state index is 0.0750. The van der Waals surface area contributed by atoms with Crippen LogP contribution in [0.15, 0.2) is 4.52 Å². The number of urea groups is 1. The van der Waals surface area contributed by atoms with Crippen molar-refractivity contribution in [3.63, 3.8) is 0 Å². The quantitative estimate of drug-likeness (QED) is 0.745. The number of rotatable bonds is 6. The number of nitrogens with zero attached hydrogens (tertiary/aromatic N) is 5. The summed E-state index contributed by atoms with van der Waals surface area (Å²) in [5, 5.41) is 6.84. The van der Waals surface area contributed by atoms with E-state index < -0.39 is 6.04 Å². The maximum Gasteiger partial charge on any atom is 0.318 e. The minimum atomic E-state index is -0.481. The van der Waals surface area contributed by atoms with Crippen LogP contribution in [0.3, 0.4) is 0 Å². The zero-order valence-electron chi connectivity index (χ0n) is 16.0. The lowest BCUT2D eigenvalue weighted by atomic mass is 10.1. The fourth-order valence-electron chi connectivity index (χ4n) is 3.51. The van der Waals surface area contributed by atoms with Crippen LogP contribution < -0.4 is 5.32 Å². The van der Waals surface area contributed by atoms with Crippen molar-refractivity contribution in [3.05, 3.63) is 11.7 Å². The number of nitrogens with one attached hydrogen (secondary N) is 1. The number of aryl methyl sites for hydroxylation is 1. The largest absolute Gasteiger partial charge is 0.339 e. The van der Waals surface area contributed by atoms with Crippen molar-refractivity contribution in [2.75, 3.05) is 26.7 Å². The summed E-state index contributed by atoms with van der Waals surface area (Å²) in [5.74, 6) is 0.874. The first-order valence-corrected chi connectivity index (χ1v) is 9.34. The molecule has 4 amide bonds. The first-order valence-electron chi connectivity index (χ1n) is 9.34. The van der Waals surface area contributed by atoms with Crippen LogP contribution >= 0.6 is 0 Å². The maximum absolute atomic E-state index is 12.6. The number of carbonyl (C=O) groups is 3. The van der Waals surface area contributed by atoms with Gasteiger partial charge in [0, 0.05) is 26.6 Å². The molecule has 2 aliphatic heterocycles. The molecule has 1 aromatic heterocycles. The average Bonchev–Trinajstić information content (AvgIpc) is 3.25. The normalized spacial score (nSPS) is 22.2. The highest BCUT2D eigenvalue weighted by Crippen LogP contribution is 2.23. The zero-order valence-corrected chi connectivity index (χ0v) is 16.0. The van der Waals surface area contributed by atoms with Crippen molar-refractivity contribution in [2.24, 2.45) is 0 Å². The van der Waals surface area contributed by atoms with Gasteiger partial charge in [0.2, 0.25) is 17.7 Å². The molecule has 3 rings (SSSR count). The molecule has 0 unspecified atom stereocenters. The van der Waals surface area contributed by atoms with Gasteiger partial charge in [0.1, 0.15) is 6.04 Å². The van der Waals surface area contributed by atoms with Crippen LogP contribution in [0.4, 0.5) is 4.79 Å². The molecule has 2 atom stereocenters. The van der Waals surface area contributed by atoms with E-state index in [9.17, 15) is 14.4 Å². The highest BCUT2D eigenvalue weighted by Gasteiger charge is 2.45. The van der Waals surface area contributed by atoms with Crippen molar-refractivity contribution in [1.82, 2.24) is 30.2 Å². The summed E-state index contributed by atoms with van der Waals surface area (Å²) < 4.78 is 5.16. The fourth-order valence-corrected chi connectivity index (χ4v) is 3.51. The molecule has 1 N–H and O–H groups in total. The molecule has 0 saturated carbocycles. The smallest absolute Gasteiger partial charge is 0.318 e. The van der Waals surface area contributed by atoms with Crippen molar-refractivity contribution < 1.29 is 18.9 Å². The van der Waals surface area contributed by atoms with E-state index in [0.717, 1.165) is 6.42 Å². The molecule has 0 bridgehead atoms. The Morgan fingerprint density at radius 2 is 2.15 bits per heavy atom. The van der Waals surface area contributed by atoms with E-state index in [1.807, 2.05) is 13.8 Å². The SMILES string of the molecule is CCCc1nc(CN(CC)C(=O)N[C@H]2C[C@H]3C(=O)N(C)CC(=O)N3C2)no1. The van der Waals surface area contributed by atoms with Gasteiger partial charge in [0.25, 0.3) is 0 Å². The Balaban J connectivity index is 1.58. The number of aromatic nitrogens is 2. The van der Waals surface area contributed by atoms with Gasteiger partial charge < -0.3 is 24.5 Å². The molecule has 10 nitrogen and oxygen atoms in total. The molecule has 0 spiro atoms. The molecule has 27 heavy (non-hydrogen) atoms. The lowest BCUT2D eigenvalue weighted by Gasteiger charge is -2.33. The molecule has 0 aromatic carbocycles. The van der Waals surface area contributed by atoms with Crippen LogP contribution in [0.25, 0.3) is 0 Å². The monoisotopic (exact) mass is 378 g/mol. The Morgan fingerprint density at radius 1 is 1.37 bits per heavy atom. The second-order valence-electron chi connectivity index (χ2n) is 7.01. The molecule has 0 radical (unpaired) electrons. The first kappa shape index (κ1) is 19.1. The molecule has 148 valence electrons. The Bertz CT molecular complexity index is 720. The fraction of sp³-hybridized carbons (Fsp3) is 0.706. The summed E-state index contributed by atoms with van der Waals surface area (Å²) in [6.45, 7) is 5.06. The predicted octanol–water partition coefficient (Wildman–Crippen LogP) is -0.00490. The van der Waals surface area contributed by atoms with Crippen LogP contribution in [0.2, 0.25) is 0 Å². The summed E-state index contributed by atoms with van der Waals surface area (Å²) in [7, 11) is 1.63. The number of amides is 4. The van der Waals surface area contributed by atoms with Crippen LogP contribution in [0.5, 0.6) is 0 Å². The Kier molecular flexibility index (Phi) is 5.62. The molecule has 2 saturated heterocycles. The van der Waals surface area contributed by atoms with Gasteiger partial charge >= 0.3 is 6.03 Å². The van der Waals surface area contributed by atoms with Crippen LogP contribution in [-0.2, 0) is 22.6 Å². The van der Waals surface area contributed by atoms with Gasteiger partial charge in [-0.1, -0.05) is 12.1 Å². The summed E-state index contributed by atoms with van der Waals surface area (Å²) in [6, 6.07) is -1.00. The van der Waals surface area contributed by atoms with Crippen LogP contribution in [-0.4, -0.2) is 81.5 Å². The number of piperazine rings is 1.